The molecular formula is C16H23Cl2N3O3. The Balaban J connectivity index is 1.62. The fourth-order valence-corrected chi connectivity index (χ4v) is 3.01. The molecule has 0 aliphatic carbocycles. The first-order chi connectivity index (χ1) is 11.5. The Bertz CT molecular complexity index is 519. The van der Waals surface area contributed by atoms with E-state index in [2.05, 4.69) is 9.88 Å². The van der Waals surface area contributed by atoms with Crippen molar-refractivity contribution < 1.29 is 14.3 Å². The molecule has 1 saturated heterocycles. The number of halogens is 2. The van der Waals surface area contributed by atoms with Crippen LogP contribution in [0.15, 0.2) is 12.1 Å². The predicted octanol–water partition coefficient (Wildman–Crippen LogP) is 2.26. The van der Waals surface area contributed by atoms with Crippen molar-refractivity contribution in [1.29, 1.82) is 0 Å². The number of pyridine rings is 1. The van der Waals surface area contributed by atoms with Gasteiger partial charge in [-0.2, -0.15) is 0 Å². The summed E-state index contributed by atoms with van der Waals surface area (Å²) in [5.74, 6) is -0.412. The van der Waals surface area contributed by atoms with Gasteiger partial charge in [-0.15, -0.1) is 0 Å². The highest BCUT2D eigenvalue weighted by Gasteiger charge is 2.16. The lowest BCUT2D eigenvalue weighted by Gasteiger charge is -2.26. The molecule has 0 radical (unpaired) electrons. The number of esters is 1. The van der Waals surface area contributed by atoms with Crippen molar-refractivity contribution >= 4 is 29.2 Å². The van der Waals surface area contributed by atoms with Crippen LogP contribution < -0.4 is 5.73 Å². The number of hydrogen-bond donors (Lipinski definition) is 1. The molecule has 0 saturated carbocycles. The van der Waals surface area contributed by atoms with Crippen LogP contribution in [0.5, 0.6) is 0 Å². The smallest absolute Gasteiger partial charge is 0.323 e. The van der Waals surface area contributed by atoms with Crippen molar-refractivity contribution in [2.75, 3.05) is 32.8 Å². The summed E-state index contributed by atoms with van der Waals surface area (Å²) in [4.78, 5) is 18.1. The molecule has 24 heavy (non-hydrogen) atoms. The van der Waals surface area contributed by atoms with Gasteiger partial charge < -0.3 is 15.2 Å². The standard InChI is InChI=1S/C16H23Cl2N3O3/c17-14-9-12(10-15(18)20-14)11-24-16(22)13(19)3-1-2-4-21-5-7-23-8-6-21/h9-10,13H,1-8,11,19H2/t13-/m0/s1. The third kappa shape index (κ3) is 6.91. The number of nitrogens with zero attached hydrogens (tertiary/aromatic N) is 2. The van der Waals surface area contributed by atoms with Crippen LogP contribution in [-0.2, 0) is 20.9 Å². The zero-order valence-corrected chi connectivity index (χ0v) is 15.1. The van der Waals surface area contributed by atoms with E-state index in [-0.39, 0.29) is 16.9 Å². The maximum absolute atomic E-state index is 11.9. The van der Waals surface area contributed by atoms with Gasteiger partial charge in [0, 0.05) is 13.1 Å². The Hall–Kier alpha value is -0.920. The fraction of sp³-hybridized carbons (Fsp3) is 0.625. The van der Waals surface area contributed by atoms with E-state index in [0.717, 1.165) is 45.7 Å². The van der Waals surface area contributed by atoms with Crippen LogP contribution >= 0.6 is 23.2 Å². The van der Waals surface area contributed by atoms with Gasteiger partial charge in [0.2, 0.25) is 0 Å². The summed E-state index contributed by atoms with van der Waals surface area (Å²) < 4.78 is 10.5. The van der Waals surface area contributed by atoms with Crippen molar-refractivity contribution in [2.24, 2.45) is 5.73 Å². The molecule has 0 spiro atoms. The average Bonchev–Trinajstić information content (AvgIpc) is 2.56. The van der Waals surface area contributed by atoms with Crippen LogP contribution in [-0.4, -0.2) is 54.7 Å². The van der Waals surface area contributed by atoms with Gasteiger partial charge in [0.25, 0.3) is 0 Å². The molecule has 0 bridgehead atoms. The molecule has 6 nitrogen and oxygen atoms in total. The van der Waals surface area contributed by atoms with E-state index in [1.54, 1.807) is 12.1 Å². The minimum Gasteiger partial charge on any atom is -0.460 e. The third-order valence-electron chi connectivity index (χ3n) is 3.85. The van der Waals surface area contributed by atoms with E-state index in [1.807, 2.05) is 0 Å². The van der Waals surface area contributed by atoms with Crippen molar-refractivity contribution in [1.82, 2.24) is 9.88 Å². The molecule has 1 atom stereocenters. The number of hydrogen-bond acceptors (Lipinski definition) is 6. The number of carbonyl (C=O) groups excluding carboxylic acids is 1. The van der Waals surface area contributed by atoms with E-state index in [4.69, 9.17) is 38.4 Å². The number of nitrogens with two attached hydrogens (primary N) is 1. The summed E-state index contributed by atoms with van der Waals surface area (Å²) >= 11 is 11.6. The molecule has 1 aromatic rings. The molecule has 0 unspecified atom stereocenters. The lowest BCUT2D eigenvalue weighted by molar-refractivity contribution is -0.146. The molecule has 2 heterocycles. The summed E-state index contributed by atoms with van der Waals surface area (Å²) in [6.45, 7) is 4.65. The highest BCUT2D eigenvalue weighted by atomic mass is 35.5. The van der Waals surface area contributed by atoms with E-state index in [1.165, 1.54) is 0 Å². The van der Waals surface area contributed by atoms with Crippen LogP contribution in [0.1, 0.15) is 24.8 Å². The quantitative estimate of drug-likeness (QED) is 0.426. The van der Waals surface area contributed by atoms with Crippen molar-refractivity contribution in [3.8, 4) is 0 Å². The minimum absolute atomic E-state index is 0.0856. The highest BCUT2D eigenvalue weighted by Crippen LogP contribution is 2.15. The van der Waals surface area contributed by atoms with Crippen molar-refractivity contribution in [3.63, 3.8) is 0 Å². The van der Waals surface area contributed by atoms with Crippen LogP contribution in [0, 0.1) is 0 Å². The van der Waals surface area contributed by atoms with Crippen LogP contribution in [0.2, 0.25) is 10.3 Å². The Morgan fingerprint density at radius 1 is 1.29 bits per heavy atom. The van der Waals surface area contributed by atoms with Crippen LogP contribution in [0.3, 0.4) is 0 Å². The zero-order chi connectivity index (χ0) is 17.4. The van der Waals surface area contributed by atoms with E-state index in [0.29, 0.717) is 12.0 Å². The van der Waals surface area contributed by atoms with Crippen molar-refractivity contribution in [2.45, 2.75) is 31.9 Å². The second-order valence-corrected chi connectivity index (χ2v) is 6.56. The van der Waals surface area contributed by atoms with Crippen LogP contribution in [0.25, 0.3) is 0 Å². The number of aromatic nitrogens is 1. The first-order valence-electron chi connectivity index (χ1n) is 8.09. The monoisotopic (exact) mass is 375 g/mol. The lowest BCUT2D eigenvalue weighted by atomic mass is 10.1. The number of morpholine rings is 1. The summed E-state index contributed by atoms with van der Waals surface area (Å²) in [7, 11) is 0. The largest absolute Gasteiger partial charge is 0.460 e. The lowest BCUT2D eigenvalue weighted by Crippen LogP contribution is -2.37. The maximum Gasteiger partial charge on any atom is 0.323 e. The van der Waals surface area contributed by atoms with Gasteiger partial charge in [0.1, 0.15) is 23.0 Å². The molecule has 0 aromatic carbocycles. The van der Waals surface area contributed by atoms with E-state index in [9.17, 15) is 4.79 Å². The number of unbranched alkanes of at least 4 members (excludes halogenated alkanes) is 1. The van der Waals surface area contributed by atoms with Gasteiger partial charge in [-0.05, 0) is 37.1 Å². The molecule has 0 amide bonds. The topological polar surface area (TPSA) is 77.7 Å². The Morgan fingerprint density at radius 2 is 1.96 bits per heavy atom. The molecule has 1 aliphatic rings. The SMILES string of the molecule is N[C@@H](CCCCN1CCOCC1)C(=O)OCc1cc(Cl)nc(Cl)c1. The van der Waals surface area contributed by atoms with Gasteiger partial charge in [0.15, 0.2) is 0 Å². The molecule has 2 N–H and O–H groups in total. The number of carbonyl (C=O) groups is 1. The molecule has 8 heteroatoms. The summed E-state index contributed by atoms with van der Waals surface area (Å²) in [6.07, 6.45) is 2.51. The summed E-state index contributed by atoms with van der Waals surface area (Å²) in [5, 5.41) is 0.530. The highest BCUT2D eigenvalue weighted by molar-refractivity contribution is 6.32. The van der Waals surface area contributed by atoms with E-state index >= 15 is 0 Å². The predicted molar refractivity (Wildman–Crippen MR) is 93.1 cm³/mol. The second-order valence-electron chi connectivity index (χ2n) is 5.78. The van der Waals surface area contributed by atoms with Gasteiger partial charge in [-0.1, -0.05) is 29.6 Å². The minimum atomic E-state index is -0.609. The van der Waals surface area contributed by atoms with Crippen molar-refractivity contribution in [3.05, 3.63) is 28.0 Å². The number of rotatable bonds is 8. The average molecular weight is 376 g/mol. The normalized spacial score (nSPS) is 16.8. The summed E-state index contributed by atoms with van der Waals surface area (Å²) in [5.41, 5.74) is 6.58. The first-order valence-corrected chi connectivity index (χ1v) is 8.84. The third-order valence-corrected chi connectivity index (χ3v) is 4.24. The Kier molecular flexibility index (Phi) is 8.21. The maximum atomic E-state index is 11.9. The molecule has 2 rings (SSSR count). The molecular weight excluding hydrogens is 353 g/mol. The fourth-order valence-electron chi connectivity index (χ4n) is 2.50. The molecule has 1 aromatic heterocycles. The Morgan fingerprint density at radius 3 is 2.62 bits per heavy atom. The molecule has 1 aliphatic heterocycles. The summed E-state index contributed by atoms with van der Waals surface area (Å²) in [6, 6.07) is 2.60. The van der Waals surface area contributed by atoms with Gasteiger partial charge in [-0.3, -0.25) is 9.69 Å². The molecule has 134 valence electrons. The number of ether oxygens (including phenoxy) is 2. The van der Waals surface area contributed by atoms with Gasteiger partial charge in [0.05, 0.1) is 13.2 Å². The second kappa shape index (κ2) is 10.2. The van der Waals surface area contributed by atoms with Gasteiger partial charge >= 0.3 is 5.97 Å². The molecule has 1 fully saturated rings. The van der Waals surface area contributed by atoms with Gasteiger partial charge in [-0.25, -0.2) is 4.98 Å². The Labute approximate surface area is 152 Å². The van der Waals surface area contributed by atoms with E-state index < -0.39 is 12.0 Å². The zero-order valence-electron chi connectivity index (χ0n) is 13.5. The van der Waals surface area contributed by atoms with Crippen LogP contribution in [0.4, 0.5) is 0 Å². The first kappa shape index (κ1) is 19.4.